The monoisotopic (exact) mass is 454 g/mol. The Labute approximate surface area is 191 Å². The Morgan fingerprint density at radius 3 is 2.39 bits per heavy atom. The SMILES string of the molecule is CC1c2cc3c(cc2C2(CCCC2)CN1CC(=O)c1c(N)n(C)c(=O)n(C)c1=O)OCCO3. The number of anilines is 1. The third-order valence-corrected chi connectivity index (χ3v) is 7.69. The van der Waals surface area contributed by atoms with Gasteiger partial charge >= 0.3 is 5.69 Å². The molecule has 1 aromatic carbocycles. The highest BCUT2D eigenvalue weighted by Gasteiger charge is 2.45. The molecule has 1 atom stereocenters. The van der Waals surface area contributed by atoms with Crippen molar-refractivity contribution in [3.8, 4) is 11.5 Å². The Morgan fingerprint density at radius 2 is 1.73 bits per heavy atom. The third-order valence-electron chi connectivity index (χ3n) is 7.69. The first-order valence-electron chi connectivity index (χ1n) is 11.5. The molecule has 1 aliphatic carbocycles. The zero-order valence-electron chi connectivity index (χ0n) is 19.3. The van der Waals surface area contributed by atoms with Gasteiger partial charge in [-0.05, 0) is 43.0 Å². The fourth-order valence-corrected chi connectivity index (χ4v) is 5.77. The quantitative estimate of drug-likeness (QED) is 0.700. The van der Waals surface area contributed by atoms with Crippen LogP contribution < -0.4 is 26.5 Å². The number of hydrogen-bond donors (Lipinski definition) is 1. The lowest BCUT2D eigenvalue weighted by atomic mass is 9.71. The van der Waals surface area contributed by atoms with Gasteiger partial charge in [-0.25, -0.2) is 4.79 Å². The maximum absolute atomic E-state index is 13.4. The van der Waals surface area contributed by atoms with E-state index in [4.69, 9.17) is 15.2 Å². The molecular formula is C24H30N4O5. The van der Waals surface area contributed by atoms with Crippen LogP contribution in [0.25, 0.3) is 0 Å². The highest BCUT2D eigenvalue weighted by atomic mass is 16.6. The molecule has 9 nitrogen and oxygen atoms in total. The molecule has 0 saturated heterocycles. The summed E-state index contributed by atoms with van der Waals surface area (Å²) < 4.78 is 13.8. The van der Waals surface area contributed by atoms with Crippen molar-refractivity contribution in [1.82, 2.24) is 14.0 Å². The number of nitrogens with two attached hydrogens (primary N) is 1. The Morgan fingerprint density at radius 1 is 1.09 bits per heavy atom. The number of carbonyl (C=O) groups is 1. The number of ketones is 1. The third kappa shape index (κ3) is 3.28. The van der Waals surface area contributed by atoms with Crippen LogP contribution in [0.3, 0.4) is 0 Å². The second-order valence-electron chi connectivity index (χ2n) is 9.54. The number of carbonyl (C=O) groups excluding carboxylic acids is 1. The van der Waals surface area contributed by atoms with Crippen molar-refractivity contribution >= 4 is 11.6 Å². The van der Waals surface area contributed by atoms with E-state index in [1.54, 1.807) is 0 Å². The summed E-state index contributed by atoms with van der Waals surface area (Å²) in [6, 6.07) is 4.15. The van der Waals surface area contributed by atoms with Gasteiger partial charge in [-0.1, -0.05) is 12.8 Å². The largest absolute Gasteiger partial charge is 0.486 e. The summed E-state index contributed by atoms with van der Waals surface area (Å²) >= 11 is 0. The molecule has 33 heavy (non-hydrogen) atoms. The van der Waals surface area contributed by atoms with Crippen LogP contribution in [0.15, 0.2) is 21.7 Å². The zero-order valence-corrected chi connectivity index (χ0v) is 19.3. The molecule has 0 amide bonds. The summed E-state index contributed by atoms with van der Waals surface area (Å²) in [5.74, 6) is 1.08. The van der Waals surface area contributed by atoms with Gasteiger partial charge in [0.1, 0.15) is 24.6 Å². The summed E-state index contributed by atoms with van der Waals surface area (Å²) in [5.41, 5.74) is 7.09. The number of rotatable bonds is 3. The molecule has 176 valence electrons. The van der Waals surface area contributed by atoms with Crippen LogP contribution in [-0.2, 0) is 19.5 Å². The molecule has 2 aromatic rings. The molecule has 3 heterocycles. The predicted octanol–water partition coefficient (Wildman–Crippen LogP) is 1.51. The lowest BCUT2D eigenvalue weighted by molar-refractivity contribution is 0.0823. The van der Waals surface area contributed by atoms with Crippen molar-refractivity contribution in [3.05, 3.63) is 49.7 Å². The molecule has 0 bridgehead atoms. The van der Waals surface area contributed by atoms with Crippen LogP contribution in [0, 0.1) is 0 Å². The number of hydrogen-bond acceptors (Lipinski definition) is 7. The van der Waals surface area contributed by atoms with E-state index in [9.17, 15) is 14.4 Å². The van der Waals surface area contributed by atoms with E-state index in [2.05, 4.69) is 24.0 Å². The summed E-state index contributed by atoms with van der Waals surface area (Å²) in [5, 5.41) is 0. The number of fused-ring (bicyclic) bond motifs is 3. The molecule has 2 aliphatic heterocycles. The van der Waals surface area contributed by atoms with Gasteiger partial charge < -0.3 is 15.2 Å². The van der Waals surface area contributed by atoms with E-state index in [-0.39, 0.29) is 35.2 Å². The van der Waals surface area contributed by atoms with E-state index in [1.165, 1.54) is 19.7 Å². The number of aromatic nitrogens is 2. The number of Topliss-reactive ketones (excluding diaryl/α,β-unsaturated/α-hetero) is 1. The van der Waals surface area contributed by atoms with Gasteiger partial charge in [-0.15, -0.1) is 0 Å². The second-order valence-corrected chi connectivity index (χ2v) is 9.54. The molecule has 1 saturated carbocycles. The summed E-state index contributed by atoms with van der Waals surface area (Å²) in [7, 11) is 2.83. The van der Waals surface area contributed by atoms with Gasteiger partial charge in [0.15, 0.2) is 17.3 Å². The normalized spacial score (nSPS) is 21.2. The fourth-order valence-electron chi connectivity index (χ4n) is 5.77. The van der Waals surface area contributed by atoms with Crippen molar-refractivity contribution in [2.75, 3.05) is 32.0 Å². The Balaban J connectivity index is 1.54. The molecule has 3 aliphatic rings. The van der Waals surface area contributed by atoms with Gasteiger partial charge in [-0.2, -0.15) is 0 Å². The van der Waals surface area contributed by atoms with E-state index < -0.39 is 11.2 Å². The maximum Gasteiger partial charge on any atom is 0.332 e. The predicted molar refractivity (Wildman–Crippen MR) is 123 cm³/mol. The van der Waals surface area contributed by atoms with Gasteiger partial charge in [0.05, 0.1) is 6.54 Å². The Kier molecular flexibility index (Phi) is 5.12. The van der Waals surface area contributed by atoms with Crippen molar-refractivity contribution in [1.29, 1.82) is 0 Å². The molecule has 1 fully saturated rings. The first-order valence-corrected chi connectivity index (χ1v) is 11.5. The summed E-state index contributed by atoms with van der Waals surface area (Å²) in [6.45, 7) is 3.91. The zero-order chi connectivity index (χ0) is 23.5. The van der Waals surface area contributed by atoms with Crippen LogP contribution >= 0.6 is 0 Å². The van der Waals surface area contributed by atoms with Crippen LogP contribution in [0.1, 0.15) is 60.1 Å². The van der Waals surface area contributed by atoms with E-state index >= 15 is 0 Å². The molecular weight excluding hydrogens is 424 g/mol. The number of nitrogens with zero attached hydrogens (tertiary/aromatic N) is 3. The molecule has 9 heteroatoms. The lowest BCUT2D eigenvalue weighted by Crippen LogP contribution is -2.49. The van der Waals surface area contributed by atoms with Gasteiger partial charge in [0.2, 0.25) is 0 Å². The fraction of sp³-hybridized carbons (Fsp3) is 0.542. The van der Waals surface area contributed by atoms with E-state index in [1.807, 2.05) is 0 Å². The Bertz CT molecular complexity index is 1250. The highest BCUT2D eigenvalue weighted by molar-refractivity contribution is 6.01. The minimum absolute atomic E-state index is 0.0500. The average Bonchev–Trinajstić information content (AvgIpc) is 3.28. The van der Waals surface area contributed by atoms with Gasteiger partial charge in [-0.3, -0.25) is 23.6 Å². The van der Waals surface area contributed by atoms with Crippen LogP contribution in [0.5, 0.6) is 11.5 Å². The lowest BCUT2D eigenvalue weighted by Gasteiger charge is -2.46. The van der Waals surface area contributed by atoms with Crippen LogP contribution in [0.4, 0.5) is 5.82 Å². The van der Waals surface area contributed by atoms with Crippen LogP contribution in [0.2, 0.25) is 0 Å². The molecule has 1 spiro atoms. The molecule has 0 radical (unpaired) electrons. The van der Waals surface area contributed by atoms with Crippen molar-refractivity contribution < 1.29 is 14.3 Å². The second kappa shape index (κ2) is 7.76. The first kappa shape index (κ1) is 21.8. The minimum atomic E-state index is -0.652. The van der Waals surface area contributed by atoms with Gasteiger partial charge in [0, 0.05) is 32.1 Å². The number of benzene rings is 1. The van der Waals surface area contributed by atoms with E-state index in [0.29, 0.717) is 13.2 Å². The number of nitrogen functional groups attached to an aromatic ring is 1. The van der Waals surface area contributed by atoms with Crippen molar-refractivity contribution in [2.45, 2.75) is 44.1 Å². The van der Waals surface area contributed by atoms with Crippen LogP contribution in [-0.4, -0.2) is 46.1 Å². The molecule has 5 rings (SSSR count). The summed E-state index contributed by atoms with van der Waals surface area (Å²) in [6.07, 6.45) is 4.36. The standard InChI is InChI=1S/C24H30N4O5/c1-14-15-10-18-19(33-9-8-32-18)11-16(15)24(6-4-5-7-24)13-28(14)12-17(29)20-21(25)26(2)23(31)27(3)22(20)30/h10-11,14H,4-9,12-13,25H2,1-3H3. The minimum Gasteiger partial charge on any atom is -0.486 e. The topological polar surface area (TPSA) is 109 Å². The average molecular weight is 455 g/mol. The highest BCUT2D eigenvalue weighted by Crippen LogP contribution is 2.51. The number of ether oxygens (including phenoxy) is 2. The summed E-state index contributed by atoms with van der Waals surface area (Å²) in [4.78, 5) is 40.4. The maximum atomic E-state index is 13.4. The Hall–Kier alpha value is -3.07. The molecule has 2 N–H and O–H groups in total. The first-order chi connectivity index (χ1) is 15.7. The molecule has 1 aromatic heterocycles. The van der Waals surface area contributed by atoms with Crippen molar-refractivity contribution in [3.63, 3.8) is 0 Å². The smallest absolute Gasteiger partial charge is 0.332 e. The molecule has 1 unspecified atom stereocenters. The van der Waals surface area contributed by atoms with E-state index in [0.717, 1.165) is 58.4 Å². The van der Waals surface area contributed by atoms with Gasteiger partial charge in [0.25, 0.3) is 5.56 Å². The van der Waals surface area contributed by atoms with Crippen molar-refractivity contribution in [2.24, 2.45) is 14.1 Å².